The van der Waals surface area contributed by atoms with Crippen molar-refractivity contribution in [1.82, 2.24) is 9.55 Å². The predicted molar refractivity (Wildman–Crippen MR) is 129 cm³/mol. The summed E-state index contributed by atoms with van der Waals surface area (Å²) in [6.45, 7) is 1.85. The van der Waals surface area contributed by atoms with Crippen molar-refractivity contribution < 1.29 is 17.9 Å². The van der Waals surface area contributed by atoms with Crippen molar-refractivity contribution in [1.29, 1.82) is 0 Å². The third kappa shape index (κ3) is 4.63. The number of sulfone groups is 1. The minimum Gasteiger partial charge on any atom is -0.504 e. The van der Waals surface area contributed by atoms with Gasteiger partial charge in [-0.2, -0.15) is 0 Å². The van der Waals surface area contributed by atoms with E-state index < -0.39 is 27.0 Å². The number of aryl methyl sites for hydroxylation is 2. The molecule has 0 spiro atoms. The number of benzene rings is 3. The Morgan fingerprint density at radius 1 is 1.00 bits per heavy atom. The topological polar surface area (TPSA) is 89.3 Å². The van der Waals surface area contributed by atoms with Crippen molar-refractivity contribution in [2.24, 2.45) is 0 Å². The number of aromatic hydroxyl groups is 1. The van der Waals surface area contributed by atoms with Gasteiger partial charge in [0, 0.05) is 12.8 Å². The van der Waals surface area contributed by atoms with E-state index in [1.54, 1.807) is 19.1 Å². The highest BCUT2D eigenvalue weighted by Crippen LogP contribution is 2.31. The van der Waals surface area contributed by atoms with Gasteiger partial charge in [0.2, 0.25) is 0 Å². The molecule has 4 aromatic rings. The molecule has 6 nitrogen and oxygen atoms in total. The Hall–Kier alpha value is -3.78. The van der Waals surface area contributed by atoms with E-state index in [9.17, 15) is 22.7 Å². The van der Waals surface area contributed by atoms with Gasteiger partial charge >= 0.3 is 0 Å². The molecule has 8 heteroatoms. The molecule has 174 valence electrons. The van der Waals surface area contributed by atoms with Crippen LogP contribution >= 0.6 is 0 Å². The lowest BCUT2D eigenvalue weighted by atomic mass is 10.0. The Balaban J connectivity index is 1.94. The van der Waals surface area contributed by atoms with E-state index in [-0.39, 0.29) is 28.4 Å². The molecule has 0 saturated carbocycles. The maximum absolute atomic E-state index is 14.1. The van der Waals surface area contributed by atoms with Crippen LogP contribution in [0, 0.1) is 12.7 Å². The predicted octanol–water partition coefficient (Wildman–Crippen LogP) is 4.38. The molecular weight excluding hydrogens is 455 g/mol. The van der Waals surface area contributed by atoms with Crippen LogP contribution in [-0.4, -0.2) is 29.3 Å². The second kappa shape index (κ2) is 9.23. The summed E-state index contributed by atoms with van der Waals surface area (Å²) in [5.74, 6) is -1.27. The highest BCUT2D eigenvalue weighted by Gasteiger charge is 2.21. The molecule has 0 amide bonds. The normalized spacial score (nSPS) is 11.5. The molecule has 0 aliphatic heterocycles. The van der Waals surface area contributed by atoms with Gasteiger partial charge in [-0.25, -0.2) is 17.8 Å². The van der Waals surface area contributed by atoms with Crippen LogP contribution in [0.5, 0.6) is 5.75 Å². The number of nitrogens with zero attached hydrogens (tertiary/aromatic N) is 2. The first-order valence-electron chi connectivity index (χ1n) is 10.6. The number of hydrogen-bond acceptors (Lipinski definition) is 5. The van der Waals surface area contributed by atoms with Crippen LogP contribution in [0.4, 0.5) is 4.39 Å². The summed E-state index contributed by atoms with van der Waals surface area (Å²) in [5.41, 5.74) is 1.69. The Kier molecular flexibility index (Phi) is 6.34. The lowest BCUT2D eigenvalue weighted by Gasteiger charge is -2.17. The number of rotatable bonds is 6. The quantitative estimate of drug-likeness (QED) is 0.444. The van der Waals surface area contributed by atoms with E-state index in [2.05, 4.69) is 4.98 Å². The summed E-state index contributed by atoms with van der Waals surface area (Å²) in [5, 5.41) is 10.4. The van der Waals surface area contributed by atoms with E-state index in [1.807, 2.05) is 30.3 Å². The Morgan fingerprint density at radius 3 is 2.41 bits per heavy atom. The van der Waals surface area contributed by atoms with Crippen molar-refractivity contribution in [3.63, 3.8) is 0 Å². The summed E-state index contributed by atoms with van der Waals surface area (Å²) in [4.78, 5) is 18.4. The Bertz CT molecular complexity index is 1530. The van der Waals surface area contributed by atoms with Gasteiger partial charge < -0.3 is 5.11 Å². The lowest BCUT2D eigenvalue weighted by Crippen LogP contribution is -2.27. The van der Waals surface area contributed by atoms with Gasteiger partial charge in [-0.15, -0.1) is 0 Å². The molecule has 1 N–H and O–H groups in total. The zero-order chi connectivity index (χ0) is 24.5. The van der Waals surface area contributed by atoms with Gasteiger partial charge in [0.25, 0.3) is 5.56 Å². The monoisotopic (exact) mass is 478 g/mol. The zero-order valence-electron chi connectivity index (χ0n) is 18.7. The number of phenols is 1. The van der Waals surface area contributed by atoms with Crippen LogP contribution in [-0.2, 0) is 22.8 Å². The van der Waals surface area contributed by atoms with Gasteiger partial charge in [0.05, 0.1) is 21.7 Å². The van der Waals surface area contributed by atoms with Gasteiger partial charge in [0.1, 0.15) is 5.82 Å². The molecule has 0 fully saturated rings. The summed E-state index contributed by atoms with van der Waals surface area (Å²) in [7, 11) is -3.48. The van der Waals surface area contributed by atoms with Gasteiger partial charge in [-0.05, 0) is 48.7 Å². The highest BCUT2D eigenvalue weighted by atomic mass is 32.2. The minimum absolute atomic E-state index is 0.0893. The zero-order valence-corrected chi connectivity index (χ0v) is 19.5. The molecule has 0 bridgehead atoms. The third-order valence-electron chi connectivity index (χ3n) is 5.60. The van der Waals surface area contributed by atoms with Crippen LogP contribution in [0.1, 0.15) is 11.3 Å². The number of para-hydroxylation sites is 1. The number of aromatic nitrogens is 2. The van der Waals surface area contributed by atoms with Crippen LogP contribution < -0.4 is 5.56 Å². The lowest BCUT2D eigenvalue weighted by molar-refractivity contribution is 0.433. The number of phenolic OH excluding ortho intramolecular Hbond substituents is 1. The third-order valence-corrected chi connectivity index (χ3v) is 6.71. The standard InChI is InChI=1S/C26H23FN2O4S/c1-17-23(19-10-6-11-20(16-19)34(2,32)33)26(31)29(15-14-18-8-4-3-5-9-18)25(28-17)21-12-7-13-22(27)24(21)30/h3-13,16,30H,14-15H2,1-2H3. The number of hydrogen-bond donors (Lipinski definition) is 1. The van der Waals surface area contributed by atoms with E-state index in [1.165, 1.54) is 28.8 Å². The minimum atomic E-state index is -3.48. The van der Waals surface area contributed by atoms with E-state index >= 15 is 0 Å². The van der Waals surface area contributed by atoms with Crippen molar-refractivity contribution in [3.05, 3.63) is 100 Å². The average Bonchev–Trinajstić information content (AvgIpc) is 2.80. The van der Waals surface area contributed by atoms with Crippen molar-refractivity contribution in [2.45, 2.75) is 24.8 Å². The van der Waals surface area contributed by atoms with Crippen molar-refractivity contribution >= 4 is 9.84 Å². The molecule has 1 aromatic heterocycles. The molecule has 0 saturated heterocycles. The molecule has 0 unspecified atom stereocenters. The summed E-state index contributed by atoms with van der Waals surface area (Å²) < 4.78 is 39.6. The van der Waals surface area contributed by atoms with E-state index in [4.69, 9.17) is 0 Å². The summed E-state index contributed by atoms with van der Waals surface area (Å²) >= 11 is 0. The molecule has 34 heavy (non-hydrogen) atoms. The SMILES string of the molecule is Cc1nc(-c2cccc(F)c2O)n(CCc2ccccc2)c(=O)c1-c1cccc(S(C)(=O)=O)c1. The van der Waals surface area contributed by atoms with Gasteiger partial charge in [-0.3, -0.25) is 9.36 Å². The maximum Gasteiger partial charge on any atom is 0.261 e. The average molecular weight is 479 g/mol. The van der Waals surface area contributed by atoms with Crippen molar-refractivity contribution in [3.8, 4) is 28.3 Å². The first-order chi connectivity index (χ1) is 16.2. The fraction of sp³-hybridized carbons (Fsp3) is 0.154. The molecule has 0 aliphatic rings. The summed E-state index contributed by atoms with van der Waals surface area (Å²) in [6, 6.07) is 19.8. The van der Waals surface area contributed by atoms with Crippen LogP contribution in [0.2, 0.25) is 0 Å². The molecular formula is C26H23FN2O4S. The highest BCUT2D eigenvalue weighted by molar-refractivity contribution is 7.90. The fourth-order valence-electron chi connectivity index (χ4n) is 3.87. The van der Waals surface area contributed by atoms with Gasteiger partial charge in [-0.1, -0.05) is 48.5 Å². The van der Waals surface area contributed by atoms with Crippen molar-refractivity contribution in [2.75, 3.05) is 6.26 Å². The number of halogens is 1. The molecule has 3 aromatic carbocycles. The largest absolute Gasteiger partial charge is 0.504 e. The van der Waals surface area contributed by atoms with E-state index in [0.717, 1.165) is 17.9 Å². The summed E-state index contributed by atoms with van der Waals surface area (Å²) in [6.07, 6.45) is 1.60. The van der Waals surface area contributed by atoms with Crippen LogP contribution in [0.25, 0.3) is 22.5 Å². The van der Waals surface area contributed by atoms with Crippen LogP contribution in [0.3, 0.4) is 0 Å². The first-order valence-corrected chi connectivity index (χ1v) is 12.5. The molecule has 4 rings (SSSR count). The molecule has 0 radical (unpaired) electrons. The van der Waals surface area contributed by atoms with Crippen LogP contribution in [0.15, 0.2) is 82.5 Å². The Morgan fingerprint density at radius 2 is 1.71 bits per heavy atom. The van der Waals surface area contributed by atoms with E-state index in [0.29, 0.717) is 17.7 Å². The smallest absolute Gasteiger partial charge is 0.261 e. The Labute approximate surface area is 196 Å². The second-order valence-electron chi connectivity index (χ2n) is 8.02. The molecule has 1 heterocycles. The first kappa shape index (κ1) is 23.4. The maximum atomic E-state index is 14.1. The fourth-order valence-corrected chi connectivity index (χ4v) is 4.54. The molecule has 0 atom stereocenters. The van der Waals surface area contributed by atoms with Gasteiger partial charge in [0.15, 0.2) is 21.4 Å². The molecule has 0 aliphatic carbocycles. The second-order valence-corrected chi connectivity index (χ2v) is 10.0.